The number of rotatable bonds is 10. The SMILES string of the molecule is CCc1cc2c(=O)n(CCCOC)c(SCC(=O)Nc3ccccc3[N+](=O)[O-])nc2s1. The van der Waals surface area contributed by atoms with Gasteiger partial charge in [-0.25, -0.2) is 4.98 Å². The summed E-state index contributed by atoms with van der Waals surface area (Å²) in [5.74, 6) is -0.460. The Kier molecular flexibility index (Phi) is 7.77. The van der Waals surface area contributed by atoms with Crippen molar-refractivity contribution in [3.8, 4) is 0 Å². The maximum absolute atomic E-state index is 13.0. The van der Waals surface area contributed by atoms with E-state index < -0.39 is 10.8 Å². The number of aryl methyl sites for hydroxylation is 1. The number of fused-ring (bicyclic) bond motifs is 1. The minimum absolute atomic E-state index is 0.0414. The molecule has 0 saturated carbocycles. The van der Waals surface area contributed by atoms with Gasteiger partial charge >= 0.3 is 0 Å². The third kappa shape index (κ3) is 5.49. The molecule has 0 saturated heterocycles. The molecule has 31 heavy (non-hydrogen) atoms. The molecule has 11 heteroatoms. The van der Waals surface area contributed by atoms with Gasteiger partial charge in [-0.3, -0.25) is 24.3 Å². The largest absolute Gasteiger partial charge is 0.385 e. The highest BCUT2D eigenvalue weighted by molar-refractivity contribution is 7.99. The monoisotopic (exact) mass is 462 g/mol. The van der Waals surface area contributed by atoms with Gasteiger partial charge in [0.25, 0.3) is 11.2 Å². The van der Waals surface area contributed by atoms with E-state index in [0.29, 0.717) is 34.9 Å². The fraction of sp³-hybridized carbons (Fsp3) is 0.350. The lowest BCUT2D eigenvalue weighted by atomic mass is 10.2. The van der Waals surface area contributed by atoms with Crippen molar-refractivity contribution in [1.82, 2.24) is 9.55 Å². The van der Waals surface area contributed by atoms with Crippen LogP contribution in [0.15, 0.2) is 40.3 Å². The molecule has 164 valence electrons. The molecule has 3 rings (SSSR count). The van der Waals surface area contributed by atoms with Crippen LogP contribution < -0.4 is 10.9 Å². The number of nitro groups is 1. The average Bonchev–Trinajstić information content (AvgIpc) is 3.18. The lowest BCUT2D eigenvalue weighted by Gasteiger charge is -2.12. The molecule has 2 heterocycles. The van der Waals surface area contributed by atoms with Crippen molar-refractivity contribution >= 4 is 50.6 Å². The highest BCUT2D eigenvalue weighted by Crippen LogP contribution is 2.26. The quantitative estimate of drug-likeness (QED) is 0.161. The van der Waals surface area contributed by atoms with Gasteiger partial charge in [0.05, 0.1) is 16.1 Å². The van der Waals surface area contributed by atoms with Crippen molar-refractivity contribution in [2.75, 3.05) is 24.8 Å². The van der Waals surface area contributed by atoms with Crippen molar-refractivity contribution in [3.63, 3.8) is 0 Å². The molecule has 0 aliphatic carbocycles. The molecule has 0 aliphatic rings. The van der Waals surface area contributed by atoms with Crippen LogP contribution in [0.3, 0.4) is 0 Å². The molecular weight excluding hydrogens is 440 g/mol. The van der Waals surface area contributed by atoms with E-state index in [0.717, 1.165) is 23.1 Å². The predicted molar refractivity (Wildman–Crippen MR) is 122 cm³/mol. The Morgan fingerprint density at radius 1 is 1.39 bits per heavy atom. The third-order valence-electron chi connectivity index (χ3n) is 4.45. The molecule has 0 unspecified atom stereocenters. The second-order valence-corrected chi connectivity index (χ2v) is 8.65. The fourth-order valence-corrected chi connectivity index (χ4v) is 4.78. The number of nitrogens with zero attached hydrogens (tertiary/aromatic N) is 3. The van der Waals surface area contributed by atoms with Gasteiger partial charge in [0, 0.05) is 31.2 Å². The number of thioether (sulfide) groups is 1. The Hall–Kier alpha value is -2.76. The normalized spacial score (nSPS) is 11.0. The summed E-state index contributed by atoms with van der Waals surface area (Å²) in [6.07, 6.45) is 1.44. The Bertz CT molecular complexity index is 1160. The van der Waals surface area contributed by atoms with Crippen molar-refractivity contribution in [2.24, 2.45) is 0 Å². The van der Waals surface area contributed by atoms with Gasteiger partial charge in [0.15, 0.2) is 5.16 Å². The fourth-order valence-electron chi connectivity index (χ4n) is 2.95. The number of amides is 1. The molecule has 1 aromatic carbocycles. The van der Waals surface area contributed by atoms with E-state index in [9.17, 15) is 19.7 Å². The van der Waals surface area contributed by atoms with Crippen LogP contribution in [0.25, 0.3) is 10.2 Å². The molecule has 0 radical (unpaired) electrons. The summed E-state index contributed by atoms with van der Waals surface area (Å²) in [5, 5.41) is 14.7. The van der Waals surface area contributed by atoms with Crippen LogP contribution in [0.4, 0.5) is 11.4 Å². The van der Waals surface area contributed by atoms with Crippen LogP contribution in [0.1, 0.15) is 18.2 Å². The molecule has 0 spiro atoms. The second-order valence-electron chi connectivity index (χ2n) is 6.59. The molecule has 1 N–H and O–H groups in total. The van der Waals surface area contributed by atoms with E-state index in [4.69, 9.17) is 4.74 Å². The van der Waals surface area contributed by atoms with Crippen LogP contribution in [-0.2, 0) is 22.5 Å². The number of ether oxygens (including phenoxy) is 1. The molecule has 0 fully saturated rings. The van der Waals surface area contributed by atoms with Crippen LogP contribution in [0.2, 0.25) is 0 Å². The van der Waals surface area contributed by atoms with E-state index in [1.165, 1.54) is 29.5 Å². The lowest BCUT2D eigenvalue weighted by molar-refractivity contribution is -0.383. The average molecular weight is 463 g/mol. The van der Waals surface area contributed by atoms with Crippen molar-refractivity contribution in [3.05, 3.63) is 55.7 Å². The van der Waals surface area contributed by atoms with Crippen LogP contribution in [-0.4, -0.2) is 39.9 Å². The third-order valence-corrected chi connectivity index (χ3v) is 6.60. The number of benzene rings is 1. The van der Waals surface area contributed by atoms with Gasteiger partial charge in [0.2, 0.25) is 5.91 Å². The maximum Gasteiger partial charge on any atom is 0.292 e. The van der Waals surface area contributed by atoms with Crippen molar-refractivity contribution in [1.29, 1.82) is 0 Å². The molecule has 9 nitrogen and oxygen atoms in total. The number of anilines is 1. The Morgan fingerprint density at radius 3 is 2.87 bits per heavy atom. The van der Waals surface area contributed by atoms with Crippen LogP contribution in [0, 0.1) is 10.1 Å². The van der Waals surface area contributed by atoms with E-state index in [1.54, 1.807) is 17.7 Å². The highest BCUT2D eigenvalue weighted by atomic mass is 32.2. The van der Waals surface area contributed by atoms with Gasteiger partial charge in [0.1, 0.15) is 10.5 Å². The molecular formula is C20H22N4O5S2. The second kappa shape index (κ2) is 10.5. The summed E-state index contributed by atoms with van der Waals surface area (Å²) in [7, 11) is 1.60. The number of carbonyl (C=O) groups is 1. The highest BCUT2D eigenvalue weighted by Gasteiger charge is 2.18. The Balaban J connectivity index is 1.82. The Morgan fingerprint density at radius 2 is 2.16 bits per heavy atom. The van der Waals surface area contributed by atoms with Gasteiger partial charge in [-0.2, -0.15) is 0 Å². The number of nitrogens with one attached hydrogen (secondary N) is 1. The molecule has 0 atom stereocenters. The summed E-state index contributed by atoms with van der Waals surface area (Å²) in [6, 6.07) is 7.82. The van der Waals surface area contributed by atoms with E-state index >= 15 is 0 Å². The minimum atomic E-state index is -0.548. The molecule has 0 aliphatic heterocycles. The zero-order chi connectivity index (χ0) is 22.4. The summed E-state index contributed by atoms with van der Waals surface area (Å²) < 4.78 is 6.65. The topological polar surface area (TPSA) is 116 Å². The summed E-state index contributed by atoms with van der Waals surface area (Å²) in [4.78, 5) is 42.4. The number of carbonyl (C=O) groups excluding carboxylic acids is 1. The number of hydrogen-bond donors (Lipinski definition) is 1. The summed E-state index contributed by atoms with van der Waals surface area (Å²) >= 11 is 2.60. The predicted octanol–water partition coefficient (Wildman–Crippen LogP) is 3.70. The number of nitro benzene ring substituents is 1. The number of thiophene rings is 1. The molecule has 3 aromatic rings. The first-order valence-corrected chi connectivity index (χ1v) is 11.4. The summed E-state index contributed by atoms with van der Waals surface area (Å²) in [5.41, 5.74) is -0.189. The summed E-state index contributed by atoms with van der Waals surface area (Å²) in [6.45, 7) is 2.93. The van der Waals surface area contributed by atoms with Gasteiger partial charge in [-0.05, 0) is 25.0 Å². The van der Waals surface area contributed by atoms with Gasteiger partial charge in [-0.1, -0.05) is 30.8 Å². The zero-order valence-electron chi connectivity index (χ0n) is 17.1. The van der Waals surface area contributed by atoms with Crippen molar-refractivity contribution < 1.29 is 14.5 Å². The smallest absolute Gasteiger partial charge is 0.292 e. The number of para-hydroxylation sites is 2. The minimum Gasteiger partial charge on any atom is -0.385 e. The molecule has 2 aromatic heterocycles. The van der Waals surface area contributed by atoms with E-state index in [1.807, 2.05) is 13.0 Å². The first-order chi connectivity index (χ1) is 14.9. The van der Waals surface area contributed by atoms with Gasteiger partial charge < -0.3 is 10.1 Å². The molecule has 1 amide bonds. The van der Waals surface area contributed by atoms with Crippen molar-refractivity contribution in [2.45, 2.75) is 31.5 Å². The zero-order valence-corrected chi connectivity index (χ0v) is 18.8. The van der Waals surface area contributed by atoms with E-state index in [2.05, 4.69) is 10.3 Å². The Labute approximate surface area is 186 Å². The van der Waals surface area contributed by atoms with E-state index in [-0.39, 0.29) is 22.7 Å². The van der Waals surface area contributed by atoms with Crippen LogP contribution >= 0.6 is 23.1 Å². The first-order valence-electron chi connectivity index (χ1n) is 9.62. The maximum atomic E-state index is 13.0. The lowest BCUT2D eigenvalue weighted by Crippen LogP contribution is -2.24. The van der Waals surface area contributed by atoms with Crippen LogP contribution in [0.5, 0.6) is 0 Å². The molecule has 0 bridgehead atoms. The van der Waals surface area contributed by atoms with Gasteiger partial charge in [-0.15, -0.1) is 11.3 Å². The number of aromatic nitrogens is 2. The number of hydrogen-bond acceptors (Lipinski definition) is 8. The standard InChI is InChI=1S/C20H22N4O5S2/c1-3-13-11-14-18(31-13)22-20(23(19(14)26)9-6-10-29-2)30-12-17(25)21-15-7-4-5-8-16(15)24(27)28/h4-5,7-8,11H,3,6,9-10,12H2,1-2H3,(H,21,25). The number of methoxy groups -OCH3 is 1. The first kappa shape index (κ1) is 22.9.